The van der Waals surface area contributed by atoms with E-state index in [9.17, 15) is 4.79 Å². The minimum atomic E-state index is -0.587. The highest BCUT2D eigenvalue weighted by atomic mass is 16.6. The summed E-state index contributed by atoms with van der Waals surface area (Å²) in [4.78, 5) is 18.7. The molecular formula is C35H46N4O3. The molecule has 2 aromatic carbocycles. The van der Waals surface area contributed by atoms with Crippen LogP contribution in [0.2, 0.25) is 0 Å². The number of hydrazine groups is 1. The van der Waals surface area contributed by atoms with Crippen LogP contribution in [-0.2, 0) is 27.9 Å². The van der Waals surface area contributed by atoms with Crippen molar-refractivity contribution in [3.8, 4) is 5.75 Å². The van der Waals surface area contributed by atoms with Gasteiger partial charge in [-0.2, -0.15) is 0 Å². The molecular weight excluding hydrogens is 524 g/mol. The fourth-order valence-electron chi connectivity index (χ4n) is 6.93. The molecule has 4 heterocycles. The lowest BCUT2D eigenvalue weighted by atomic mass is 9.76. The molecule has 224 valence electrons. The van der Waals surface area contributed by atoms with Crippen molar-refractivity contribution in [1.82, 2.24) is 15.3 Å². The van der Waals surface area contributed by atoms with E-state index < -0.39 is 11.6 Å². The van der Waals surface area contributed by atoms with E-state index in [4.69, 9.17) is 9.47 Å². The first kappa shape index (κ1) is 29.0. The standard InChI is InChI=1S/C35H46N4O3/c1-34(2,3)42-33(40)32-28-20-27(38-17-7-9-26(22-38)30-10-8-16-37(30)6)12-13-29(28)35(4,5)23-39(32)36-21-24-11-14-31-25(19-24)15-18-41-31/h7,9,11-14,19-20,22,30,32,36H,8,10,15-18,21,23H2,1-6H3. The minimum absolute atomic E-state index is 0.166. The van der Waals surface area contributed by atoms with E-state index in [0.717, 1.165) is 43.1 Å². The second kappa shape index (κ2) is 11.2. The van der Waals surface area contributed by atoms with Gasteiger partial charge in [-0.3, -0.25) is 4.90 Å². The monoisotopic (exact) mass is 570 g/mol. The first-order valence-electron chi connectivity index (χ1n) is 15.5. The molecule has 0 saturated carbocycles. The molecule has 0 aromatic heterocycles. The molecule has 0 radical (unpaired) electrons. The van der Waals surface area contributed by atoms with Crippen molar-refractivity contribution in [2.24, 2.45) is 0 Å². The third kappa shape index (κ3) is 5.87. The van der Waals surface area contributed by atoms with Crippen molar-refractivity contribution in [3.05, 3.63) is 82.6 Å². The number of benzene rings is 2. The molecule has 0 amide bonds. The van der Waals surface area contributed by atoms with Crippen LogP contribution >= 0.6 is 0 Å². The SMILES string of the molecule is CN1CCCC1C1=CN(c2ccc3c(c2)C(C(=O)OC(C)(C)C)N(NCc2ccc4c(c2)CCO4)CC3(C)C)CC=C1. The van der Waals surface area contributed by atoms with E-state index in [0.29, 0.717) is 19.1 Å². The molecule has 7 nitrogen and oxygen atoms in total. The smallest absolute Gasteiger partial charge is 0.329 e. The van der Waals surface area contributed by atoms with Crippen molar-refractivity contribution >= 4 is 11.7 Å². The highest BCUT2D eigenvalue weighted by Gasteiger charge is 2.43. The van der Waals surface area contributed by atoms with Gasteiger partial charge in [-0.1, -0.05) is 44.2 Å². The molecule has 2 unspecified atom stereocenters. The van der Waals surface area contributed by atoms with Gasteiger partial charge in [0.2, 0.25) is 0 Å². The highest BCUT2D eigenvalue weighted by molar-refractivity contribution is 5.80. The predicted octanol–water partition coefficient (Wildman–Crippen LogP) is 5.66. The fourth-order valence-corrected chi connectivity index (χ4v) is 6.93. The van der Waals surface area contributed by atoms with Gasteiger partial charge < -0.3 is 14.4 Å². The molecule has 1 saturated heterocycles. The molecule has 2 atom stereocenters. The molecule has 0 aliphatic carbocycles. The minimum Gasteiger partial charge on any atom is -0.493 e. The maximum Gasteiger partial charge on any atom is 0.329 e. The van der Waals surface area contributed by atoms with Crippen molar-refractivity contribution in [1.29, 1.82) is 0 Å². The van der Waals surface area contributed by atoms with Gasteiger partial charge in [0.15, 0.2) is 0 Å². The van der Waals surface area contributed by atoms with Crippen LogP contribution in [0.3, 0.4) is 0 Å². The molecule has 7 heteroatoms. The molecule has 6 rings (SSSR count). The van der Waals surface area contributed by atoms with Gasteiger partial charge >= 0.3 is 5.97 Å². The van der Waals surface area contributed by atoms with Gasteiger partial charge in [-0.25, -0.2) is 15.2 Å². The average Bonchev–Trinajstić information content (AvgIpc) is 3.58. The largest absolute Gasteiger partial charge is 0.493 e. The lowest BCUT2D eigenvalue weighted by molar-refractivity contribution is -0.164. The Kier molecular flexibility index (Phi) is 7.71. The van der Waals surface area contributed by atoms with Crippen molar-refractivity contribution in [2.75, 3.05) is 38.2 Å². The molecule has 42 heavy (non-hydrogen) atoms. The van der Waals surface area contributed by atoms with Gasteiger partial charge in [0, 0.05) is 49.4 Å². The summed E-state index contributed by atoms with van der Waals surface area (Å²) in [6, 6.07) is 12.9. The van der Waals surface area contributed by atoms with Crippen LogP contribution in [0.4, 0.5) is 5.69 Å². The van der Waals surface area contributed by atoms with Crippen LogP contribution in [-0.4, -0.2) is 60.8 Å². The second-order valence-electron chi connectivity index (χ2n) is 13.9. The number of nitrogens with one attached hydrogen (secondary N) is 1. The Bertz CT molecular complexity index is 1410. The Morgan fingerprint density at radius 3 is 2.76 bits per heavy atom. The normalized spacial score (nSPS) is 23.8. The van der Waals surface area contributed by atoms with E-state index in [1.54, 1.807) is 0 Å². The first-order valence-corrected chi connectivity index (χ1v) is 15.5. The third-order valence-corrected chi connectivity index (χ3v) is 8.96. The molecule has 0 spiro atoms. The van der Waals surface area contributed by atoms with Crippen LogP contribution in [0.1, 0.15) is 75.8 Å². The number of hydrogen-bond donors (Lipinski definition) is 1. The maximum absolute atomic E-state index is 13.9. The van der Waals surface area contributed by atoms with E-state index in [1.807, 2.05) is 20.8 Å². The summed E-state index contributed by atoms with van der Waals surface area (Å²) in [5.41, 5.74) is 9.97. The zero-order valence-electron chi connectivity index (χ0n) is 26.1. The Morgan fingerprint density at radius 1 is 1.17 bits per heavy atom. The zero-order chi connectivity index (χ0) is 29.6. The number of ether oxygens (including phenoxy) is 2. The summed E-state index contributed by atoms with van der Waals surface area (Å²) >= 11 is 0. The van der Waals surface area contributed by atoms with Gasteiger partial charge in [0.1, 0.15) is 17.4 Å². The lowest BCUT2D eigenvalue weighted by Crippen LogP contribution is -2.54. The number of carbonyl (C=O) groups excluding carboxylic acids is 1. The maximum atomic E-state index is 13.9. The van der Waals surface area contributed by atoms with Crippen LogP contribution < -0.4 is 15.1 Å². The summed E-state index contributed by atoms with van der Waals surface area (Å²) < 4.78 is 11.8. The molecule has 0 bridgehead atoms. The van der Waals surface area contributed by atoms with Crippen molar-refractivity contribution in [3.63, 3.8) is 0 Å². The molecule has 4 aliphatic rings. The Morgan fingerprint density at radius 2 is 2.00 bits per heavy atom. The first-order chi connectivity index (χ1) is 20.0. The van der Waals surface area contributed by atoms with E-state index in [-0.39, 0.29) is 11.4 Å². The summed E-state index contributed by atoms with van der Waals surface area (Å²) in [5, 5.41) is 2.11. The number of likely N-dealkylation sites (tertiary alicyclic amines) is 1. The van der Waals surface area contributed by atoms with E-state index in [1.165, 1.54) is 35.1 Å². The van der Waals surface area contributed by atoms with E-state index >= 15 is 0 Å². The third-order valence-electron chi connectivity index (χ3n) is 8.96. The van der Waals surface area contributed by atoms with Crippen LogP contribution in [0, 0.1) is 0 Å². The second-order valence-corrected chi connectivity index (χ2v) is 13.9. The van der Waals surface area contributed by atoms with Gasteiger partial charge in [0.25, 0.3) is 0 Å². The lowest BCUT2D eigenvalue weighted by Gasteiger charge is -2.45. The summed E-state index contributed by atoms with van der Waals surface area (Å²) in [6.45, 7) is 14.3. The van der Waals surface area contributed by atoms with Crippen LogP contribution in [0.5, 0.6) is 5.75 Å². The number of likely N-dealkylation sites (N-methyl/N-ethyl adjacent to an activating group) is 1. The summed E-state index contributed by atoms with van der Waals surface area (Å²) in [6.07, 6.45) is 10.2. The van der Waals surface area contributed by atoms with Gasteiger partial charge in [-0.15, -0.1) is 0 Å². The van der Waals surface area contributed by atoms with E-state index in [2.05, 4.69) is 95.9 Å². The molecule has 1 N–H and O–H groups in total. The summed E-state index contributed by atoms with van der Waals surface area (Å²) in [7, 11) is 2.22. The number of esters is 1. The quantitative estimate of drug-likeness (QED) is 0.450. The fraction of sp³-hybridized carbons (Fsp3) is 0.514. The Hall–Kier alpha value is -3.13. The number of anilines is 1. The predicted molar refractivity (Wildman–Crippen MR) is 167 cm³/mol. The van der Waals surface area contributed by atoms with Gasteiger partial charge in [-0.05, 0) is 93.2 Å². The van der Waals surface area contributed by atoms with Crippen molar-refractivity contribution in [2.45, 2.75) is 83.5 Å². The average molecular weight is 571 g/mol. The Balaban J connectivity index is 1.33. The summed E-state index contributed by atoms with van der Waals surface area (Å²) in [5.74, 6) is 0.754. The molecule has 2 aromatic rings. The topological polar surface area (TPSA) is 57.3 Å². The number of carbonyl (C=O) groups is 1. The number of hydrogen-bond acceptors (Lipinski definition) is 7. The number of rotatable bonds is 6. The molecule has 4 aliphatic heterocycles. The van der Waals surface area contributed by atoms with Crippen LogP contribution in [0.25, 0.3) is 0 Å². The van der Waals surface area contributed by atoms with Gasteiger partial charge in [0.05, 0.1) is 6.61 Å². The number of nitrogens with zero attached hydrogens (tertiary/aromatic N) is 3. The van der Waals surface area contributed by atoms with Crippen LogP contribution in [0.15, 0.2) is 60.3 Å². The molecule has 1 fully saturated rings. The van der Waals surface area contributed by atoms with Crippen molar-refractivity contribution < 1.29 is 14.3 Å². The Labute approximate surface area is 251 Å². The highest BCUT2D eigenvalue weighted by Crippen LogP contribution is 2.42. The zero-order valence-corrected chi connectivity index (χ0v) is 26.1. The number of fused-ring (bicyclic) bond motifs is 2.